The molecule has 0 bridgehead atoms. The number of carbonyl (C=O) groups excluding carboxylic acids is 1. The molecule has 0 saturated heterocycles. The highest BCUT2D eigenvalue weighted by Gasteiger charge is 2.24. The first kappa shape index (κ1) is 19.6. The van der Waals surface area contributed by atoms with Crippen LogP contribution >= 0.6 is 11.3 Å². The van der Waals surface area contributed by atoms with Crippen molar-refractivity contribution in [2.45, 2.75) is 13.8 Å². The van der Waals surface area contributed by atoms with Crippen LogP contribution in [0.2, 0.25) is 0 Å². The summed E-state index contributed by atoms with van der Waals surface area (Å²) in [6.45, 7) is 7.76. The number of fused-ring (bicyclic) bond motifs is 2. The average Bonchev–Trinajstić information content (AvgIpc) is 3.35. The van der Waals surface area contributed by atoms with Crippen LogP contribution in [0.15, 0.2) is 36.4 Å². The van der Waals surface area contributed by atoms with E-state index in [4.69, 9.17) is 9.47 Å². The van der Waals surface area contributed by atoms with Crippen LogP contribution < -0.4 is 19.3 Å². The van der Waals surface area contributed by atoms with Crippen LogP contribution in [0.4, 0.5) is 9.52 Å². The third-order valence-electron chi connectivity index (χ3n) is 5.13. The molecular formula is C21H23FN3O3S+. The number of thiazole rings is 1. The smallest absolute Gasteiger partial charge is 0.260 e. The fraction of sp³-hybridized carbons (Fsp3) is 0.333. The number of aromatic nitrogens is 1. The van der Waals surface area contributed by atoms with Crippen molar-refractivity contribution in [3.63, 3.8) is 0 Å². The SMILES string of the molecule is CC[NH+](CC)CCN(C(=O)c1ccc(F)cc1)c1nc2cc3c(cc2s1)OCO3. The van der Waals surface area contributed by atoms with Gasteiger partial charge in [-0.15, -0.1) is 0 Å². The van der Waals surface area contributed by atoms with E-state index in [-0.39, 0.29) is 18.5 Å². The van der Waals surface area contributed by atoms with Crippen molar-refractivity contribution >= 4 is 32.6 Å². The van der Waals surface area contributed by atoms with Gasteiger partial charge < -0.3 is 14.4 Å². The van der Waals surface area contributed by atoms with Crippen LogP contribution in [-0.4, -0.2) is 43.9 Å². The molecule has 1 N–H and O–H groups in total. The molecule has 0 atom stereocenters. The summed E-state index contributed by atoms with van der Waals surface area (Å²) in [5, 5.41) is 0.615. The van der Waals surface area contributed by atoms with Crippen LogP contribution in [-0.2, 0) is 0 Å². The lowest BCUT2D eigenvalue weighted by Gasteiger charge is -2.23. The van der Waals surface area contributed by atoms with Crippen molar-refractivity contribution in [1.82, 2.24) is 4.98 Å². The minimum atomic E-state index is -0.366. The minimum Gasteiger partial charge on any atom is -0.454 e. The van der Waals surface area contributed by atoms with Gasteiger partial charge in [0.1, 0.15) is 5.82 Å². The fourth-order valence-electron chi connectivity index (χ4n) is 3.33. The highest BCUT2D eigenvalue weighted by molar-refractivity contribution is 7.22. The Morgan fingerprint density at radius 3 is 2.55 bits per heavy atom. The van der Waals surface area contributed by atoms with Gasteiger partial charge in [0.2, 0.25) is 6.79 Å². The minimum absolute atomic E-state index is 0.185. The number of hydrogen-bond donors (Lipinski definition) is 1. The molecule has 1 amide bonds. The quantitative estimate of drug-likeness (QED) is 0.644. The number of halogens is 1. The Labute approximate surface area is 172 Å². The van der Waals surface area contributed by atoms with Gasteiger partial charge in [0.15, 0.2) is 16.6 Å². The number of carbonyl (C=O) groups is 1. The second kappa shape index (κ2) is 8.34. The number of nitrogens with zero attached hydrogens (tertiary/aromatic N) is 2. The van der Waals surface area contributed by atoms with Crippen LogP contribution in [0.25, 0.3) is 10.2 Å². The molecule has 4 rings (SSSR count). The molecule has 1 aromatic heterocycles. The topological polar surface area (TPSA) is 56.1 Å². The highest BCUT2D eigenvalue weighted by Crippen LogP contribution is 2.39. The van der Waals surface area contributed by atoms with Crippen molar-refractivity contribution < 1.29 is 23.6 Å². The molecule has 0 fully saturated rings. The normalized spacial score (nSPS) is 12.7. The second-order valence-electron chi connectivity index (χ2n) is 6.84. The summed E-state index contributed by atoms with van der Waals surface area (Å²) in [4.78, 5) is 21.0. The third-order valence-corrected chi connectivity index (χ3v) is 6.17. The molecule has 2 heterocycles. The van der Waals surface area contributed by atoms with Gasteiger partial charge >= 0.3 is 0 Å². The van der Waals surface area contributed by atoms with Crippen molar-refractivity contribution in [3.05, 3.63) is 47.8 Å². The van der Waals surface area contributed by atoms with E-state index in [9.17, 15) is 9.18 Å². The summed E-state index contributed by atoms with van der Waals surface area (Å²) in [6, 6.07) is 9.37. The lowest BCUT2D eigenvalue weighted by molar-refractivity contribution is -0.894. The molecule has 3 aromatic rings. The van der Waals surface area contributed by atoms with E-state index in [1.165, 1.54) is 40.5 Å². The zero-order valence-electron chi connectivity index (χ0n) is 16.4. The number of hydrogen-bond acceptors (Lipinski definition) is 5. The first-order valence-electron chi connectivity index (χ1n) is 9.70. The number of rotatable bonds is 7. The van der Waals surface area contributed by atoms with E-state index in [0.29, 0.717) is 28.7 Å². The van der Waals surface area contributed by atoms with Gasteiger partial charge in [-0.25, -0.2) is 9.37 Å². The number of benzene rings is 2. The zero-order chi connectivity index (χ0) is 20.4. The van der Waals surface area contributed by atoms with Gasteiger partial charge in [-0.1, -0.05) is 11.3 Å². The molecule has 8 heteroatoms. The van der Waals surface area contributed by atoms with E-state index in [1.54, 1.807) is 4.90 Å². The van der Waals surface area contributed by atoms with E-state index >= 15 is 0 Å². The van der Waals surface area contributed by atoms with Gasteiger partial charge in [-0.3, -0.25) is 9.69 Å². The lowest BCUT2D eigenvalue weighted by atomic mass is 10.2. The largest absolute Gasteiger partial charge is 0.454 e. The molecule has 0 aliphatic carbocycles. The molecule has 1 aliphatic rings. The fourth-order valence-corrected chi connectivity index (χ4v) is 4.33. The van der Waals surface area contributed by atoms with E-state index in [1.807, 2.05) is 12.1 Å². The van der Waals surface area contributed by atoms with E-state index in [2.05, 4.69) is 18.8 Å². The lowest BCUT2D eigenvalue weighted by Crippen LogP contribution is -3.12. The molecule has 0 spiro atoms. The maximum absolute atomic E-state index is 13.3. The summed E-state index contributed by atoms with van der Waals surface area (Å²) in [7, 11) is 0. The van der Waals surface area contributed by atoms with Crippen LogP contribution in [0.3, 0.4) is 0 Å². The standard InChI is InChI=1S/C21H22FN3O3S/c1-3-24(4-2)9-10-25(20(26)14-5-7-15(22)8-6-14)21-23-16-11-17-18(28-13-27-17)12-19(16)29-21/h5-8,11-12H,3-4,9-10,13H2,1-2H3/p+1. The Kier molecular flexibility index (Phi) is 5.64. The number of quaternary nitrogens is 1. The Balaban J connectivity index is 1.68. The van der Waals surface area contributed by atoms with Crippen molar-refractivity contribution in [2.24, 2.45) is 0 Å². The van der Waals surface area contributed by atoms with Gasteiger partial charge in [-0.2, -0.15) is 0 Å². The molecular weight excluding hydrogens is 393 g/mol. The average molecular weight is 416 g/mol. The number of anilines is 1. The first-order valence-corrected chi connectivity index (χ1v) is 10.5. The predicted molar refractivity (Wildman–Crippen MR) is 111 cm³/mol. The summed E-state index contributed by atoms with van der Waals surface area (Å²) in [5.41, 5.74) is 1.20. The molecule has 152 valence electrons. The Morgan fingerprint density at radius 1 is 1.17 bits per heavy atom. The monoisotopic (exact) mass is 416 g/mol. The number of nitrogens with one attached hydrogen (secondary N) is 1. The molecule has 0 unspecified atom stereocenters. The van der Waals surface area contributed by atoms with E-state index < -0.39 is 0 Å². The maximum atomic E-state index is 13.3. The first-order chi connectivity index (χ1) is 14.1. The summed E-state index contributed by atoms with van der Waals surface area (Å²) < 4.78 is 25.1. The predicted octanol–water partition coefficient (Wildman–Crippen LogP) is 2.74. The molecule has 29 heavy (non-hydrogen) atoms. The number of amides is 1. The Bertz CT molecular complexity index is 977. The van der Waals surface area contributed by atoms with Crippen LogP contribution in [0.5, 0.6) is 11.5 Å². The maximum Gasteiger partial charge on any atom is 0.260 e. The second-order valence-corrected chi connectivity index (χ2v) is 7.85. The van der Waals surface area contributed by atoms with Crippen molar-refractivity contribution in [1.29, 1.82) is 0 Å². The Morgan fingerprint density at radius 2 is 1.86 bits per heavy atom. The summed E-state index contributed by atoms with van der Waals surface area (Å²) in [5.74, 6) is 0.806. The van der Waals surface area contributed by atoms with Crippen LogP contribution in [0, 0.1) is 5.82 Å². The molecule has 0 radical (unpaired) electrons. The molecule has 0 saturated carbocycles. The third kappa shape index (κ3) is 4.04. The van der Waals surface area contributed by atoms with Crippen molar-refractivity contribution in [3.8, 4) is 11.5 Å². The zero-order valence-corrected chi connectivity index (χ0v) is 17.2. The number of ether oxygens (including phenoxy) is 2. The summed E-state index contributed by atoms with van der Waals surface area (Å²) in [6.07, 6.45) is 0. The molecule has 2 aromatic carbocycles. The summed E-state index contributed by atoms with van der Waals surface area (Å²) >= 11 is 1.44. The van der Waals surface area contributed by atoms with Gasteiger partial charge in [0.25, 0.3) is 5.91 Å². The number of likely N-dealkylation sites (N-methyl/N-ethyl adjacent to an activating group) is 1. The highest BCUT2D eigenvalue weighted by atomic mass is 32.1. The molecule has 1 aliphatic heterocycles. The van der Waals surface area contributed by atoms with Gasteiger partial charge in [0.05, 0.1) is 36.4 Å². The van der Waals surface area contributed by atoms with Gasteiger partial charge in [-0.05, 0) is 38.1 Å². The Hall–Kier alpha value is -2.71. The van der Waals surface area contributed by atoms with E-state index in [0.717, 1.165) is 29.9 Å². The molecule has 6 nitrogen and oxygen atoms in total. The van der Waals surface area contributed by atoms with Crippen molar-refractivity contribution in [2.75, 3.05) is 37.9 Å². The van der Waals surface area contributed by atoms with Crippen LogP contribution in [0.1, 0.15) is 24.2 Å². The van der Waals surface area contributed by atoms with Gasteiger partial charge in [0, 0.05) is 17.7 Å².